The van der Waals surface area contributed by atoms with Crippen molar-refractivity contribution < 1.29 is 9.59 Å². The molecule has 2 aliphatic rings. The summed E-state index contributed by atoms with van der Waals surface area (Å²) in [6.07, 6.45) is 2.43. The zero-order valence-corrected chi connectivity index (χ0v) is 15.7. The zero-order valence-electron chi connectivity index (χ0n) is 15.7. The van der Waals surface area contributed by atoms with Crippen LogP contribution in [0, 0.1) is 18.8 Å². The minimum atomic E-state index is -0.197. The van der Waals surface area contributed by atoms with Crippen molar-refractivity contribution in [1.82, 2.24) is 10.2 Å². The van der Waals surface area contributed by atoms with E-state index in [-0.39, 0.29) is 23.7 Å². The summed E-state index contributed by atoms with van der Waals surface area (Å²) in [5.41, 5.74) is 3.03. The predicted octanol–water partition coefficient (Wildman–Crippen LogP) is 3.38. The van der Waals surface area contributed by atoms with Gasteiger partial charge in [0.05, 0.1) is 5.92 Å². The lowest BCUT2D eigenvalue weighted by Crippen LogP contribution is -2.36. The SMILES string of the molecule is Cc1ccccc1[C@H]1CN(C(=O)c2ccccc2)C[C@@H]1C(=O)NCC1CC1. The second kappa shape index (κ2) is 7.55. The molecule has 27 heavy (non-hydrogen) atoms. The van der Waals surface area contributed by atoms with Gasteiger partial charge < -0.3 is 10.2 Å². The number of rotatable bonds is 5. The number of likely N-dealkylation sites (tertiary alicyclic amines) is 1. The fraction of sp³-hybridized carbons (Fsp3) is 0.391. The molecule has 0 spiro atoms. The van der Waals surface area contributed by atoms with E-state index in [2.05, 4.69) is 24.4 Å². The number of nitrogens with zero attached hydrogens (tertiary/aromatic N) is 1. The molecule has 0 bridgehead atoms. The van der Waals surface area contributed by atoms with Crippen molar-refractivity contribution in [3.8, 4) is 0 Å². The molecule has 2 amide bonds. The highest BCUT2D eigenvalue weighted by molar-refractivity contribution is 5.95. The second-order valence-electron chi connectivity index (χ2n) is 7.83. The number of carbonyl (C=O) groups is 2. The van der Waals surface area contributed by atoms with Crippen LogP contribution in [-0.4, -0.2) is 36.3 Å². The molecule has 2 fully saturated rings. The first-order valence-corrected chi connectivity index (χ1v) is 9.81. The predicted molar refractivity (Wildman–Crippen MR) is 105 cm³/mol. The van der Waals surface area contributed by atoms with E-state index in [4.69, 9.17) is 0 Å². The van der Waals surface area contributed by atoms with Gasteiger partial charge in [0, 0.05) is 31.1 Å². The molecule has 0 aromatic heterocycles. The van der Waals surface area contributed by atoms with Crippen LogP contribution in [0.4, 0.5) is 0 Å². The molecule has 1 aliphatic heterocycles. The monoisotopic (exact) mass is 362 g/mol. The average Bonchev–Trinajstić information content (AvgIpc) is 3.43. The molecule has 2 aromatic carbocycles. The summed E-state index contributed by atoms with van der Waals surface area (Å²) >= 11 is 0. The Labute approximate surface area is 160 Å². The molecule has 1 N–H and O–H groups in total. The molecule has 140 valence electrons. The van der Waals surface area contributed by atoms with E-state index >= 15 is 0 Å². The van der Waals surface area contributed by atoms with Crippen molar-refractivity contribution in [3.63, 3.8) is 0 Å². The highest BCUT2D eigenvalue weighted by Gasteiger charge is 2.41. The molecule has 2 atom stereocenters. The van der Waals surface area contributed by atoms with Crippen LogP contribution >= 0.6 is 0 Å². The van der Waals surface area contributed by atoms with Crippen molar-refractivity contribution in [1.29, 1.82) is 0 Å². The Morgan fingerprint density at radius 2 is 1.70 bits per heavy atom. The van der Waals surface area contributed by atoms with E-state index in [1.807, 2.05) is 47.4 Å². The number of hydrogen-bond donors (Lipinski definition) is 1. The third kappa shape index (κ3) is 3.90. The maximum Gasteiger partial charge on any atom is 0.253 e. The molecular weight excluding hydrogens is 336 g/mol. The summed E-state index contributed by atoms with van der Waals surface area (Å²) in [7, 11) is 0. The van der Waals surface area contributed by atoms with E-state index in [1.165, 1.54) is 24.0 Å². The average molecular weight is 362 g/mol. The van der Waals surface area contributed by atoms with E-state index in [0.29, 0.717) is 24.6 Å². The fourth-order valence-electron chi connectivity index (χ4n) is 4.01. The van der Waals surface area contributed by atoms with E-state index < -0.39 is 0 Å². The van der Waals surface area contributed by atoms with Crippen molar-refractivity contribution in [2.24, 2.45) is 11.8 Å². The molecule has 0 unspecified atom stereocenters. The fourth-order valence-corrected chi connectivity index (χ4v) is 4.01. The molecule has 2 aromatic rings. The Hall–Kier alpha value is -2.62. The molecule has 1 heterocycles. The largest absolute Gasteiger partial charge is 0.356 e. The Balaban J connectivity index is 1.57. The van der Waals surface area contributed by atoms with Crippen molar-refractivity contribution in [3.05, 3.63) is 71.3 Å². The molecule has 4 rings (SSSR count). The summed E-state index contributed by atoms with van der Waals surface area (Å²) in [4.78, 5) is 27.7. The van der Waals surface area contributed by atoms with Crippen molar-refractivity contribution >= 4 is 11.8 Å². The first kappa shape index (κ1) is 17.8. The van der Waals surface area contributed by atoms with Crippen LogP contribution in [0.2, 0.25) is 0 Å². The Morgan fingerprint density at radius 1 is 1.00 bits per heavy atom. The summed E-state index contributed by atoms with van der Waals surface area (Å²) < 4.78 is 0. The number of hydrogen-bond acceptors (Lipinski definition) is 2. The molecular formula is C23H26N2O2. The highest BCUT2D eigenvalue weighted by Crippen LogP contribution is 2.35. The van der Waals surface area contributed by atoms with Crippen LogP contribution < -0.4 is 5.32 Å². The van der Waals surface area contributed by atoms with Gasteiger partial charge in [-0.2, -0.15) is 0 Å². The second-order valence-corrected chi connectivity index (χ2v) is 7.83. The van der Waals surface area contributed by atoms with Crippen molar-refractivity contribution in [2.45, 2.75) is 25.7 Å². The highest BCUT2D eigenvalue weighted by atomic mass is 16.2. The number of benzene rings is 2. The summed E-state index contributed by atoms with van der Waals surface area (Å²) in [6, 6.07) is 17.5. The van der Waals surface area contributed by atoms with Gasteiger partial charge in [0.15, 0.2) is 0 Å². The smallest absolute Gasteiger partial charge is 0.253 e. The summed E-state index contributed by atoms with van der Waals surface area (Å²) in [6.45, 7) is 3.90. The third-order valence-corrected chi connectivity index (χ3v) is 5.81. The lowest BCUT2D eigenvalue weighted by atomic mass is 9.86. The number of amides is 2. The number of carbonyl (C=O) groups excluding carboxylic acids is 2. The van der Waals surface area contributed by atoms with Crippen LogP contribution in [0.5, 0.6) is 0 Å². The van der Waals surface area contributed by atoms with Crippen molar-refractivity contribution in [2.75, 3.05) is 19.6 Å². The lowest BCUT2D eigenvalue weighted by Gasteiger charge is -2.20. The van der Waals surface area contributed by atoms with Crippen LogP contribution in [0.15, 0.2) is 54.6 Å². The van der Waals surface area contributed by atoms with Gasteiger partial charge in [-0.1, -0.05) is 42.5 Å². The molecule has 1 saturated heterocycles. The molecule has 4 nitrogen and oxygen atoms in total. The van der Waals surface area contributed by atoms with Gasteiger partial charge in [0.1, 0.15) is 0 Å². The Bertz CT molecular complexity index is 829. The van der Waals surface area contributed by atoms with Crippen LogP contribution in [0.1, 0.15) is 40.2 Å². The molecule has 1 saturated carbocycles. The maximum atomic E-state index is 12.9. The third-order valence-electron chi connectivity index (χ3n) is 5.81. The van der Waals surface area contributed by atoms with Crippen LogP contribution in [0.3, 0.4) is 0 Å². The van der Waals surface area contributed by atoms with Gasteiger partial charge in [0.2, 0.25) is 5.91 Å². The van der Waals surface area contributed by atoms with Gasteiger partial charge in [0.25, 0.3) is 5.91 Å². The maximum absolute atomic E-state index is 12.9. The normalized spacial score (nSPS) is 21.9. The molecule has 1 aliphatic carbocycles. The van der Waals surface area contributed by atoms with E-state index in [0.717, 1.165) is 6.54 Å². The summed E-state index contributed by atoms with van der Waals surface area (Å²) in [5, 5.41) is 3.13. The minimum absolute atomic E-state index is 0.00618. The molecule has 0 radical (unpaired) electrons. The quantitative estimate of drug-likeness (QED) is 0.886. The van der Waals surface area contributed by atoms with Gasteiger partial charge in [-0.05, 0) is 48.9 Å². The van der Waals surface area contributed by atoms with E-state index in [1.54, 1.807) is 0 Å². The standard InChI is InChI=1S/C23H26N2O2/c1-16-7-5-6-10-19(16)20-14-25(23(27)18-8-3-2-4-9-18)15-21(20)22(26)24-13-17-11-12-17/h2-10,17,20-21H,11-15H2,1H3,(H,24,26)/t20-,21+/m1/s1. The van der Waals surface area contributed by atoms with Gasteiger partial charge in [-0.25, -0.2) is 0 Å². The first-order valence-electron chi connectivity index (χ1n) is 9.81. The van der Waals surface area contributed by atoms with Crippen LogP contribution in [-0.2, 0) is 4.79 Å². The number of aryl methyl sites for hydroxylation is 1. The molecule has 4 heteroatoms. The number of nitrogens with one attached hydrogen (secondary N) is 1. The summed E-state index contributed by atoms with van der Waals surface area (Å²) in [5.74, 6) is 0.579. The Morgan fingerprint density at radius 3 is 2.41 bits per heavy atom. The minimum Gasteiger partial charge on any atom is -0.356 e. The van der Waals surface area contributed by atoms with Gasteiger partial charge in [-0.3, -0.25) is 9.59 Å². The van der Waals surface area contributed by atoms with Crippen LogP contribution in [0.25, 0.3) is 0 Å². The Kier molecular flexibility index (Phi) is 4.97. The topological polar surface area (TPSA) is 49.4 Å². The zero-order chi connectivity index (χ0) is 18.8. The first-order chi connectivity index (χ1) is 13.1. The van der Waals surface area contributed by atoms with E-state index in [9.17, 15) is 9.59 Å². The van der Waals surface area contributed by atoms with Gasteiger partial charge in [-0.15, -0.1) is 0 Å². The lowest BCUT2D eigenvalue weighted by molar-refractivity contribution is -0.125. The van der Waals surface area contributed by atoms with Gasteiger partial charge >= 0.3 is 0 Å².